The molecular formula is C18H32N2O6. The molecule has 8 heteroatoms. The fraction of sp³-hybridized carbons (Fsp3) is 1.00. The molecule has 0 amide bonds. The number of hydrogen-bond donors (Lipinski definition) is 2. The molecule has 150 valence electrons. The number of ether oxygens (including phenoxy) is 2. The second-order valence-electron chi connectivity index (χ2n) is 9.28. The fourth-order valence-corrected chi connectivity index (χ4v) is 4.74. The lowest BCUT2D eigenvalue weighted by molar-refractivity contribution is -0.244. The first-order valence-corrected chi connectivity index (χ1v) is 9.59. The minimum atomic E-state index is -0.487. The number of hydrogen-bond acceptors (Lipinski definition) is 8. The van der Waals surface area contributed by atoms with Gasteiger partial charge in [0.2, 0.25) is 0 Å². The minimum absolute atomic E-state index is 0.00724. The Labute approximate surface area is 154 Å². The summed E-state index contributed by atoms with van der Waals surface area (Å²) in [7, 11) is 0. The van der Waals surface area contributed by atoms with E-state index in [1.807, 2.05) is 37.8 Å². The maximum atomic E-state index is 9.81. The second kappa shape index (κ2) is 6.63. The Bertz CT molecular complexity index is 484. The summed E-state index contributed by atoms with van der Waals surface area (Å²) in [6, 6.07) is 0.0844. The van der Waals surface area contributed by atoms with Gasteiger partial charge in [0.15, 0.2) is 0 Å². The molecule has 4 saturated heterocycles. The molecular weight excluding hydrogens is 340 g/mol. The van der Waals surface area contributed by atoms with Gasteiger partial charge in [0, 0.05) is 11.8 Å². The van der Waals surface area contributed by atoms with Crippen LogP contribution in [-0.2, 0) is 19.1 Å². The highest BCUT2D eigenvalue weighted by Gasteiger charge is 2.60. The first-order chi connectivity index (χ1) is 12.3. The molecule has 2 N–H and O–H groups in total. The molecule has 6 atom stereocenters. The molecule has 4 aliphatic rings. The molecule has 0 aromatic heterocycles. The van der Waals surface area contributed by atoms with Crippen molar-refractivity contribution in [3.8, 4) is 0 Å². The predicted molar refractivity (Wildman–Crippen MR) is 91.9 cm³/mol. The zero-order chi connectivity index (χ0) is 18.7. The first-order valence-electron chi connectivity index (χ1n) is 9.59. The van der Waals surface area contributed by atoms with Crippen molar-refractivity contribution >= 4 is 0 Å². The Hall–Kier alpha value is -0.320. The molecule has 0 radical (unpaired) electrons. The Kier molecular flexibility index (Phi) is 4.85. The highest BCUT2D eigenvalue weighted by molar-refractivity contribution is 5.07. The topological polar surface area (TPSA) is 83.9 Å². The van der Waals surface area contributed by atoms with Crippen LogP contribution in [0.4, 0.5) is 0 Å². The lowest BCUT2D eigenvalue weighted by Gasteiger charge is -2.42. The average molecular weight is 372 g/mol. The van der Waals surface area contributed by atoms with Crippen LogP contribution in [0.15, 0.2) is 0 Å². The number of fused-ring (bicyclic) bond motifs is 2. The van der Waals surface area contributed by atoms with Gasteiger partial charge in [-0.1, -0.05) is 0 Å². The van der Waals surface area contributed by atoms with Gasteiger partial charge < -0.3 is 19.7 Å². The van der Waals surface area contributed by atoms with E-state index in [2.05, 4.69) is 0 Å². The van der Waals surface area contributed by atoms with Gasteiger partial charge in [-0.25, -0.2) is 0 Å². The average Bonchev–Trinajstić information content (AvgIpc) is 3.34. The molecule has 4 rings (SSSR count). The molecule has 0 bridgehead atoms. The summed E-state index contributed by atoms with van der Waals surface area (Å²) in [5.74, 6) is 0.546. The Balaban J connectivity index is 1.59. The van der Waals surface area contributed by atoms with E-state index in [0.29, 0.717) is 26.4 Å². The van der Waals surface area contributed by atoms with E-state index < -0.39 is 11.1 Å². The molecule has 26 heavy (non-hydrogen) atoms. The normalized spacial score (nSPS) is 41.8. The zero-order valence-electron chi connectivity index (χ0n) is 16.1. The van der Waals surface area contributed by atoms with E-state index in [0.717, 1.165) is 0 Å². The monoisotopic (exact) mass is 372 g/mol. The van der Waals surface area contributed by atoms with Gasteiger partial charge in [-0.05, 0) is 27.7 Å². The van der Waals surface area contributed by atoms with Gasteiger partial charge in [-0.2, -0.15) is 10.1 Å². The van der Waals surface area contributed by atoms with Gasteiger partial charge in [0.25, 0.3) is 0 Å². The van der Waals surface area contributed by atoms with E-state index in [1.54, 1.807) is 0 Å². The van der Waals surface area contributed by atoms with Crippen LogP contribution in [0.3, 0.4) is 0 Å². The van der Waals surface area contributed by atoms with Crippen LogP contribution in [0.25, 0.3) is 0 Å². The molecule has 0 aromatic carbocycles. The highest BCUT2D eigenvalue weighted by atomic mass is 16.7. The molecule has 4 heterocycles. The molecule has 0 unspecified atom stereocenters. The zero-order valence-corrected chi connectivity index (χ0v) is 16.1. The van der Waals surface area contributed by atoms with Crippen molar-refractivity contribution in [2.24, 2.45) is 11.8 Å². The summed E-state index contributed by atoms with van der Waals surface area (Å²) in [5, 5.41) is 23.5. The standard InChI is InChI=1S/C18H32N2O6/c1-17(2,9-21)19-13-11(7-25-19)5-23-15(13)16-14-12(6-24-16)8-26-20(14)18(3,4)10-22/h11-16,21-22H,5-10H2,1-4H3/t11-,12-,13+,14+,15+,16+/m1/s1. The number of aliphatic hydroxyl groups is 2. The van der Waals surface area contributed by atoms with Crippen molar-refractivity contribution in [1.29, 1.82) is 0 Å². The number of hydroxylamine groups is 4. The minimum Gasteiger partial charge on any atom is -0.394 e. The molecule has 0 spiro atoms. The largest absolute Gasteiger partial charge is 0.394 e. The van der Waals surface area contributed by atoms with Crippen LogP contribution in [0.5, 0.6) is 0 Å². The molecule has 0 aromatic rings. The smallest absolute Gasteiger partial charge is 0.104 e. The summed E-state index contributed by atoms with van der Waals surface area (Å²) in [5.41, 5.74) is -0.973. The van der Waals surface area contributed by atoms with Crippen LogP contribution in [0, 0.1) is 11.8 Å². The van der Waals surface area contributed by atoms with Crippen LogP contribution < -0.4 is 0 Å². The summed E-state index contributed by atoms with van der Waals surface area (Å²) in [4.78, 5) is 11.9. The van der Waals surface area contributed by atoms with Gasteiger partial charge in [-0.15, -0.1) is 0 Å². The number of rotatable bonds is 5. The second-order valence-corrected chi connectivity index (χ2v) is 9.28. The van der Waals surface area contributed by atoms with Crippen LogP contribution >= 0.6 is 0 Å². The Morgan fingerprint density at radius 3 is 1.46 bits per heavy atom. The van der Waals surface area contributed by atoms with Gasteiger partial charge >= 0.3 is 0 Å². The van der Waals surface area contributed by atoms with Crippen molar-refractivity contribution in [2.75, 3.05) is 39.6 Å². The number of aliphatic hydroxyl groups excluding tert-OH is 2. The predicted octanol–water partition coefficient (Wildman–Crippen LogP) is -0.210. The molecule has 0 saturated carbocycles. The third-order valence-corrected chi connectivity index (χ3v) is 6.33. The van der Waals surface area contributed by atoms with E-state index >= 15 is 0 Å². The van der Waals surface area contributed by atoms with E-state index in [1.165, 1.54) is 0 Å². The summed E-state index contributed by atoms with van der Waals surface area (Å²) in [6.07, 6.45) is -0.302. The highest BCUT2D eigenvalue weighted by Crippen LogP contribution is 2.44. The summed E-state index contributed by atoms with van der Waals surface area (Å²) in [6.45, 7) is 10.4. The van der Waals surface area contributed by atoms with Crippen molar-refractivity contribution in [3.63, 3.8) is 0 Å². The molecule has 8 nitrogen and oxygen atoms in total. The molecule has 0 aliphatic carbocycles. The van der Waals surface area contributed by atoms with Gasteiger partial charge in [0.1, 0.15) is 12.2 Å². The summed E-state index contributed by atoms with van der Waals surface area (Å²) < 4.78 is 12.4. The third kappa shape index (κ3) is 2.82. The summed E-state index contributed by atoms with van der Waals surface area (Å²) >= 11 is 0. The third-order valence-electron chi connectivity index (χ3n) is 6.33. The SMILES string of the molecule is CC(C)(CO)N1OC[C@H]2CO[C@H]([C@H]3OC[C@@H]4CON(C(C)(C)CO)[C@@H]43)[C@H]21. The molecule has 4 fully saturated rings. The van der Waals surface area contributed by atoms with Crippen molar-refractivity contribution in [2.45, 2.75) is 63.1 Å². The fourth-order valence-electron chi connectivity index (χ4n) is 4.74. The van der Waals surface area contributed by atoms with E-state index in [-0.39, 0.29) is 49.3 Å². The van der Waals surface area contributed by atoms with Crippen LogP contribution in [0.1, 0.15) is 27.7 Å². The van der Waals surface area contributed by atoms with Crippen LogP contribution in [-0.4, -0.2) is 95.4 Å². The quantitative estimate of drug-likeness (QED) is 0.686. The van der Waals surface area contributed by atoms with Gasteiger partial charge in [-0.3, -0.25) is 9.68 Å². The molecule has 4 aliphatic heterocycles. The lowest BCUT2D eigenvalue weighted by atomic mass is 9.88. The first kappa shape index (κ1) is 19.0. The Morgan fingerprint density at radius 1 is 0.731 bits per heavy atom. The maximum Gasteiger partial charge on any atom is 0.104 e. The Morgan fingerprint density at radius 2 is 1.12 bits per heavy atom. The van der Waals surface area contributed by atoms with Crippen molar-refractivity contribution < 1.29 is 29.4 Å². The van der Waals surface area contributed by atoms with Crippen molar-refractivity contribution in [1.82, 2.24) is 10.1 Å². The van der Waals surface area contributed by atoms with E-state index in [9.17, 15) is 10.2 Å². The van der Waals surface area contributed by atoms with Crippen molar-refractivity contribution in [3.05, 3.63) is 0 Å². The maximum absolute atomic E-state index is 9.81. The van der Waals surface area contributed by atoms with Gasteiger partial charge in [0.05, 0.1) is 62.8 Å². The number of nitrogens with zero attached hydrogens (tertiary/aromatic N) is 2. The van der Waals surface area contributed by atoms with E-state index in [4.69, 9.17) is 19.1 Å². The lowest BCUT2D eigenvalue weighted by Crippen LogP contribution is -2.59. The van der Waals surface area contributed by atoms with Crippen LogP contribution in [0.2, 0.25) is 0 Å².